The van der Waals surface area contributed by atoms with Crippen molar-refractivity contribution in [2.45, 2.75) is 123 Å². The van der Waals surface area contributed by atoms with Crippen molar-refractivity contribution in [1.29, 1.82) is 0 Å². The lowest BCUT2D eigenvalue weighted by Crippen LogP contribution is -2.65. The van der Waals surface area contributed by atoms with Crippen LogP contribution in [0.25, 0.3) is 0 Å². The summed E-state index contributed by atoms with van der Waals surface area (Å²) in [6.07, 6.45) is 4.51. The fourth-order valence-corrected chi connectivity index (χ4v) is 7.69. The summed E-state index contributed by atoms with van der Waals surface area (Å²) in [5.74, 6) is 0.395. The largest absolute Gasteiger partial charge is 0.514 e. The van der Waals surface area contributed by atoms with Crippen molar-refractivity contribution in [3.05, 3.63) is 35.9 Å². The van der Waals surface area contributed by atoms with Crippen molar-refractivity contribution >= 4 is 25.2 Å². The Hall–Kier alpha value is -3.65. The Morgan fingerprint density at radius 3 is 2.37 bits per heavy atom. The van der Waals surface area contributed by atoms with Crippen LogP contribution < -0.4 is 9.47 Å². The predicted octanol–water partition coefficient (Wildman–Crippen LogP) is 5.11. The van der Waals surface area contributed by atoms with Crippen LogP contribution in [0.2, 0.25) is 6.32 Å². The van der Waals surface area contributed by atoms with Gasteiger partial charge in [0.25, 0.3) is 0 Å². The zero-order valence-corrected chi connectivity index (χ0v) is 30.1. The molecule has 5 aliphatic rings. The first kappa shape index (κ1) is 35.2. The van der Waals surface area contributed by atoms with E-state index in [1.807, 2.05) is 0 Å². The fourth-order valence-electron chi connectivity index (χ4n) is 7.69. The van der Waals surface area contributed by atoms with Gasteiger partial charge in [0.2, 0.25) is 5.91 Å². The third kappa shape index (κ3) is 7.31. The Morgan fingerprint density at radius 1 is 1.02 bits per heavy atom. The van der Waals surface area contributed by atoms with E-state index in [9.17, 15) is 14.4 Å². The summed E-state index contributed by atoms with van der Waals surface area (Å²) < 4.78 is 38.0. The van der Waals surface area contributed by atoms with Crippen molar-refractivity contribution in [2.75, 3.05) is 13.1 Å². The molecule has 0 spiro atoms. The van der Waals surface area contributed by atoms with Crippen LogP contribution in [-0.4, -0.2) is 86.9 Å². The zero-order valence-electron chi connectivity index (χ0n) is 30.1. The molecule has 49 heavy (non-hydrogen) atoms. The maximum Gasteiger partial charge on any atom is 0.514 e. The lowest BCUT2D eigenvalue weighted by Gasteiger charge is -2.64. The van der Waals surface area contributed by atoms with Gasteiger partial charge in [-0.25, -0.2) is 19.3 Å². The minimum Gasteiger partial charge on any atom is -0.486 e. The second-order valence-electron chi connectivity index (χ2n) is 16.6. The van der Waals surface area contributed by atoms with Crippen molar-refractivity contribution in [3.8, 4) is 11.5 Å². The van der Waals surface area contributed by atoms with E-state index in [0.29, 0.717) is 43.2 Å². The predicted molar refractivity (Wildman–Crippen MR) is 178 cm³/mol. The number of ether oxygens (including phenoxy) is 4. The van der Waals surface area contributed by atoms with Crippen LogP contribution >= 0.6 is 0 Å². The molecule has 0 radical (unpaired) electrons. The normalized spacial score (nSPS) is 25.9. The fraction of sp³-hybridized carbons (Fsp3) is 0.686. The Bertz CT molecular complexity index is 1580. The number of esters is 1. The second-order valence-corrected chi connectivity index (χ2v) is 16.6. The smallest absolute Gasteiger partial charge is 0.486 e. The average molecular weight is 681 g/mol. The molecule has 1 aromatic carbocycles. The van der Waals surface area contributed by atoms with Crippen LogP contribution in [-0.2, 0) is 36.5 Å². The molecule has 266 valence electrons. The van der Waals surface area contributed by atoms with Crippen molar-refractivity contribution in [3.63, 3.8) is 0 Å². The summed E-state index contributed by atoms with van der Waals surface area (Å²) in [6.45, 7) is 18.0. The maximum atomic E-state index is 13.9. The number of aryl methyl sites for hydroxylation is 1. The molecule has 5 fully saturated rings. The number of carbonyl (C=O) groups is 3. The molecule has 3 saturated carbocycles. The Labute approximate surface area is 288 Å². The molecular weight excluding hydrogens is 631 g/mol. The number of rotatable bonds is 9. The molecule has 14 heteroatoms. The van der Waals surface area contributed by atoms with Gasteiger partial charge >= 0.3 is 19.2 Å². The van der Waals surface area contributed by atoms with Gasteiger partial charge in [-0.15, -0.1) is 0 Å². The molecule has 0 N–H and O–H groups in total. The number of amides is 1. The van der Waals surface area contributed by atoms with E-state index in [1.54, 1.807) is 58.6 Å². The van der Waals surface area contributed by atoms with Gasteiger partial charge < -0.3 is 33.2 Å². The van der Waals surface area contributed by atoms with Crippen LogP contribution in [0.3, 0.4) is 0 Å². The summed E-state index contributed by atoms with van der Waals surface area (Å²) >= 11 is 0. The minimum atomic E-state index is -0.960. The highest BCUT2D eigenvalue weighted by Gasteiger charge is 2.67. The van der Waals surface area contributed by atoms with Crippen LogP contribution in [0.1, 0.15) is 91.1 Å². The van der Waals surface area contributed by atoms with Crippen LogP contribution in [0, 0.1) is 17.3 Å². The topological polar surface area (TPSA) is 141 Å². The van der Waals surface area contributed by atoms with Gasteiger partial charge in [-0.3, -0.25) is 4.79 Å². The van der Waals surface area contributed by atoms with E-state index >= 15 is 0 Å². The van der Waals surface area contributed by atoms with E-state index in [2.05, 4.69) is 30.9 Å². The number of nitrogens with zero attached hydrogens (tertiary/aromatic N) is 4. The Kier molecular flexibility index (Phi) is 9.05. The molecule has 3 heterocycles. The van der Waals surface area contributed by atoms with Crippen LogP contribution in [0.5, 0.6) is 11.5 Å². The zero-order chi connectivity index (χ0) is 35.5. The first-order valence-corrected chi connectivity index (χ1v) is 17.2. The minimum absolute atomic E-state index is 0.00412. The van der Waals surface area contributed by atoms with E-state index in [4.69, 9.17) is 28.3 Å². The quantitative estimate of drug-likeness (QED) is 0.198. The first-order chi connectivity index (χ1) is 22.8. The average Bonchev–Trinajstić information content (AvgIpc) is 3.58. The lowest BCUT2D eigenvalue weighted by atomic mass is 9.43. The van der Waals surface area contributed by atoms with Gasteiger partial charge in [0.1, 0.15) is 47.8 Å². The van der Waals surface area contributed by atoms with Crippen LogP contribution in [0.15, 0.2) is 24.8 Å². The number of hydrogen-bond acceptors (Lipinski definition) is 11. The number of aromatic nitrogens is 3. The summed E-state index contributed by atoms with van der Waals surface area (Å²) in [7, 11) is -0.448. The van der Waals surface area contributed by atoms with Crippen molar-refractivity contribution < 1.29 is 42.6 Å². The van der Waals surface area contributed by atoms with Crippen molar-refractivity contribution in [1.82, 2.24) is 19.7 Å². The molecule has 4 atom stereocenters. The van der Waals surface area contributed by atoms with Gasteiger partial charge in [-0.05, 0) is 103 Å². The number of carbonyl (C=O) groups excluding carboxylic acids is 3. The lowest BCUT2D eigenvalue weighted by molar-refractivity contribution is -0.199. The summed E-state index contributed by atoms with van der Waals surface area (Å²) in [4.78, 5) is 45.2. The number of likely N-dealkylation sites (tertiary alicyclic amines) is 1. The number of hydrogen-bond donors (Lipinski definition) is 0. The standard InChI is InChI=1S/C35H49BN4O9/c1-32(2,3)46-30(42)28-24(44-23-16-39(17-23)27(41)18-40-20-37-19-38-40)11-10-21(29(28)45-31(43)47-33(4,5)6)12-13-36-48-26-15-22-14-25(34(22,7)8)35(26,9)49-36/h10-11,19-20,22-23,25-26H,12-18H2,1-9H3/t22-,25-,26+,35-/m0/s1. The molecule has 2 bridgehead atoms. The van der Waals surface area contributed by atoms with E-state index < -0.39 is 36.5 Å². The van der Waals surface area contributed by atoms with Gasteiger partial charge in [0.05, 0.1) is 24.8 Å². The highest BCUT2D eigenvalue weighted by molar-refractivity contribution is 6.45. The second kappa shape index (κ2) is 12.6. The molecule has 3 aliphatic carbocycles. The molecule has 1 amide bonds. The number of benzene rings is 1. The highest BCUT2D eigenvalue weighted by atomic mass is 16.7. The van der Waals surface area contributed by atoms with E-state index in [1.165, 1.54) is 17.3 Å². The monoisotopic (exact) mass is 680 g/mol. The molecule has 0 unspecified atom stereocenters. The van der Waals surface area contributed by atoms with Gasteiger partial charge in [0, 0.05) is 0 Å². The van der Waals surface area contributed by atoms with Crippen molar-refractivity contribution in [2.24, 2.45) is 17.3 Å². The maximum absolute atomic E-state index is 13.9. The Balaban J connectivity index is 1.24. The van der Waals surface area contributed by atoms with E-state index in [-0.39, 0.29) is 46.6 Å². The molecule has 2 aromatic rings. The van der Waals surface area contributed by atoms with Gasteiger partial charge in [0.15, 0.2) is 5.75 Å². The molecule has 7 rings (SSSR count). The first-order valence-electron chi connectivity index (χ1n) is 17.2. The third-order valence-electron chi connectivity index (χ3n) is 10.3. The third-order valence-corrected chi connectivity index (χ3v) is 10.3. The molecule has 1 aromatic heterocycles. The summed E-state index contributed by atoms with van der Waals surface area (Å²) in [5, 5.41) is 3.99. The van der Waals surface area contributed by atoms with Gasteiger partial charge in [-0.2, -0.15) is 5.10 Å². The summed E-state index contributed by atoms with van der Waals surface area (Å²) in [5.41, 5.74) is -1.27. The highest BCUT2D eigenvalue weighted by Crippen LogP contribution is 2.65. The molecule has 2 aliphatic heterocycles. The SMILES string of the molecule is CC(C)(C)OC(=O)Oc1c(CCB2O[C@@H]3C[C@@H]4C[C@@H](C4(C)C)[C@]3(C)O2)ccc(OC2CN(C(=O)Cn3cncn3)C2)c1C(=O)OC(C)(C)C. The molecule has 2 saturated heterocycles. The molecular formula is C35H49BN4O9. The molecule has 13 nitrogen and oxygen atoms in total. The van der Waals surface area contributed by atoms with E-state index in [0.717, 1.165) is 12.8 Å². The Morgan fingerprint density at radius 2 is 1.73 bits per heavy atom. The van der Waals surface area contributed by atoms with Gasteiger partial charge in [-0.1, -0.05) is 19.9 Å². The van der Waals surface area contributed by atoms with Crippen LogP contribution in [0.4, 0.5) is 4.79 Å². The summed E-state index contributed by atoms with van der Waals surface area (Å²) in [6, 6.07) is 3.46.